The van der Waals surface area contributed by atoms with Crippen molar-refractivity contribution in [2.24, 2.45) is 0 Å². The smallest absolute Gasteiger partial charge is 0.153 e. The zero-order chi connectivity index (χ0) is 12.4. The zero-order valence-corrected chi connectivity index (χ0v) is 10.5. The van der Waals surface area contributed by atoms with Crippen LogP contribution in [0.25, 0.3) is 0 Å². The number of hydrogen-bond donors (Lipinski definition) is 1. The van der Waals surface area contributed by atoms with Crippen molar-refractivity contribution in [1.29, 1.82) is 0 Å². The number of H-pyrrole nitrogens is 1. The molecule has 18 heavy (non-hydrogen) atoms. The summed E-state index contributed by atoms with van der Waals surface area (Å²) in [5.41, 5.74) is 1.21. The van der Waals surface area contributed by atoms with Gasteiger partial charge in [-0.1, -0.05) is 12.1 Å². The summed E-state index contributed by atoms with van der Waals surface area (Å²) in [5.74, 6) is 3.41. The second kappa shape index (κ2) is 4.80. The minimum Gasteiger partial charge on any atom is -0.493 e. The third kappa shape index (κ3) is 2.70. The Morgan fingerprint density at radius 1 is 1.39 bits per heavy atom. The van der Waals surface area contributed by atoms with Gasteiger partial charge in [0.2, 0.25) is 0 Å². The van der Waals surface area contributed by atoms with Gasteiger partial charge in [-0.05, 0) is 37.5 Å². The summed E-state index contributed by atoms with van der Waals surface area (Å²) in [7, 11) is 0. The average Bonchev–Trinajstić information content (AvgIpc) is 3.10. The summed E-state index contributed by atoms with van der Waals surface area (Å²) in [6.07, 6.45) is 3.24. The Bertz CT molecular complexity index is 531. The van der Waals surface area contributed by atoms with Gasteiger partial charge in [-0.15, -0.1) is 0 Å². The van der Waals surface area contributed by atoms with E-state index >= 15 is 0 Å². The van der Waals surface area contributed by atoms with Crippen LogP contribution in [0, 0.1) is 6.92 Å². The van der Waals surface area contributed by atoms with Gasteiger partial charge in [-0.2, -0.15) is 5.10 Å². The second-order valence-corrected chi connectivity index (χ2v) is 4.83. The van der Waals surface area contributed by atoms with Crippen molar-refractivity contribution >= 4 is 0 Å². The fraction of sp³-hybridized carbons (Fsp3) is 0.429. The van der Waals surface area contributed by atoms with Crippen LogP contribution in [0.2, 0.25) is 0 Å². The van der Waals surface area contributed by atoms with Gasteiger partial charge in [0.05, 0.1) is 6.61 Å². The molecule has 0 saturated heterocycles. The van der Waals surface area contributed by atoms with E-state index in [4.69, 9.17) is 4.74 Å². The summed E-state index contributed by atoms with van der Waals surface area (Å²) in [6.45, 7) is 2.69. The third-order valence-electron chi connectivity index (χ3n) is 3.09. The quantitative estimate of drug-likeness (QED) is 0.878. The molecule has 1 aliphatic rings. The van der Waals surface area contributed by atoms with Crippen LogP contribution in [-0.2, 0) is 6.42 Å². The molecular formula is C14H17N3O. The molecule has 1 aliphatic carbocycles. The van der Waals surface area contributed by atoms with Gasteiger partial charge in [0.25, 0.3) is 0 Å². The van der Waals surface area contributed by atoms with Gasteiger partial charge in [0.15, 0.2) is 5.82 Å². The molecule has 0 radical (unpaired) electrons. The Morgan fingerprint density at radius 2 is 2.28 bits per heavy atom. The van der Waals surface area contributed by atoms with Crippen molar-refractivity contribution < 1.29 is 4.74 Å². The zero-order valence-electron chi connectivity index (χ0n) is 10.5. The van der Waals surface area contributed by atoms with Crippen LogP contribution < -0.4 is 4.74 Å². The van der Waals surface area contributed by atoms with E-state index in [0.717, 1.165) is 23.8 Å². The molecule has 0 atom stereocenters. The summed E-state index contributed by atoms with van der Waals surface area (Å²) in [5, 5.41) is 7.21. The average molecular weight is 243 g/mol. The maximum absolute atomic E-state index is 5.69. The summed E-state index contributed by atoms with van der Waals surface area (Å²) in [6, 6.07) is 8.08. The first-order valence-corrected chi connectivity index (χ1v) is 6.42. The Kier molecular flexibility index (Phi) is 3.00. The van der Waals surface area contributed by atoms with Crippen LogP contribution in [0.3, 0.4) is 0 Å². The molecule has 0 unspecified atom stereocenters. The molecule has 3 rings (SSSR count). The van der Waals surface area contributed by atoms with E-state index in [9.17, 15) is 0 Å². The second-order valence-electron chi connectivity index (χ2n) is 4.83. The number of nitrogens with zero attached hydrogens (tertiary/aromatic N) is 2. The standard InChI is InChI=1S/C14H17N3O/c1-10-3-2-4-12(9-10)18-8-7-13-15-14(17-16-13)11-5-6-11/h2-4,9,11H,5-8H2,1H3,(H,15,16,17). The van der Waals surface area contributed by atoms with Gasteiger partial charge < -0.3 is 4.74 Å². The normalized spacial score (nSPS) is 14.7. The summed E-state index contributed by atoms with van der Waals surface area (Å²) in [4.78, 5) is 4.47. The Balaban J connectivity index is 1.51. The number of ether oxygens (including phenoxy) is 1. The van der Waals surface area contributed by atoms with E-state index < -0.39 is 0 Å². The van der Waals surface area contributed by atoms with Crippen molar-refractivity contribution in [3.05, 3.63) is 41.5 Å². The fourth-order valence-corrected chi connectivity index (χ4v) is 1.92. The topological polar surface area (TPSA) is 50.8 Å². The molecule has 94 valence electrons. The van der Waals surface area contributed by atoms with Crippen molar-refractivity contribution in [3.8, 4) is 5.75 Å². The molecule has 0 bridgehead atoms. The van der Waals surface area contributed by atoms with E-state index in [1.807, 2.05) is 18.2 Å². The van der Waals surface area contributed by atoms with Gasteiger partial charge in [-0.25, -0.2) is 4.98 Å². The molecule has 1 heterocycles. The summed E-state index contributed by atoms with van der Waals surface area (Å²) < 4.78 is 5.69. The van der Waals surface area contributed by atoms with Crippen LogP contribution in [0.15, 0.2) is 24.3 Å². The number of hydrogen-bond acceptors (Lipinski definition) is 3. The minimum absolute atomic E-state index is 0.604. The Morgan fingerprint density at radius 3 is 3.06 bits per heavy atom. The third-order valence-corrected chi connectivity index (χ3v) is 3.09. The predicted octanol–water partition coefficient (Wildman–Crippen LogP) is 2.61. The predicted molar refractivity (Wildman–Crippen MR) is 68.7 cm³/mol. The SMILES string of the molecule is Cc1cccc(OCCc2nc(C3CC3)n[nH]2)c1. The van der Waals surface area contributed by atoms with Gasteiger partial charge in [0, 0.05) is 12.3 Å². The molecule has 4 nitrogen and oxygen atoms in total. The molecule has 0 aliphatic heterocycles. The van der Waals surface area contributed by atoms with E-state index in [2.05, 4.69) is 28.2 Å². The lowest BCUT2D eigenvalue weighted by Crippen LogP contribution is -2.03. The number of rotatable bonds is 5. The Hall–Kier alpha value is -1.84. The maximum Gasteiger partial charge on any atom is 0.153 e. The van der Waals surface area contributed by atoms with E-state index in [1.54, 1.807) is 0 Å². The van der Waals surface area contributed by atoms with Gasteiger partial charge in [0.1, 0.15) is 11.6 Å². The van der Waals surface area contributed by atoms with E-state index in [-0.39, 0.29) is 0 Å². The first kappa shape index (κ1) is 11.3. The van der Waals surface area contributed by atoms with Crippen molar-refractivity contribution in [2.45, 2.75) is 32.1 Å². The molecule has 0 spiro atoms. The number of benzene rings is 1. The summed E-state index contributed by atoms with van der Waals surface area (Å²) >= 11 is 0. The lowest BCUT2D eigenvalue weighted by atomic mass is 10.2. The fourth-order valence-electron chi connectivity index (χ4n) is 1.92. The molecule has 1 N–H and O–H groups in total. The van der Waals surface area contributed by atoms with Crippen molar-refractivity contribution in [3.63, 3.8) is 0 Å². The van der Waals surface area contributed by atoms with Crippen molar-refractivity contribution in [2.75, 3.05) is 6.61 Å². The number of aromatic nitrogens is 3. The highest BCUT2D eigenvalue weighted by Crippen LogP contribution is 2.37. The molecule has 1 aromatic heterocycles. The largest absolute Gasteiger partial charge is 0.493 e. The lowest BCUT2D eigenvalue weighted by Gasteiger charge is -2.05. The van der Waals surface area contributed by atoms with Gasteiger partial charge in [-0.3, -0.25) is 5.10 Å². The number of aryl methyl sites for hydroxylation is 1. The highest BCUT2D eigenvalue weighted by Gasteiger charge is 2.27. The monoisotopic (exact) mass is 243 g/mol. The minimum atomic E-state index is 0.604. The van der Waals surface area contributed by atoms with Gasteiger partial charge >= 0.3 is 0 Å². The molecule has 4 heteroatoms. The van der Waals surface area contributed by atoms with E-state index in [1.165, 1.54) is 18.4 Å². The van der Waals surface area contributed by atoms with E-state index in [0.29, 0.717) is 12.5 Å². The highest BCUT2D eigenvalue weighted by molar-refractivity contribution is 5.27. The van der Waals surface area contributed by atoms with Crippen LogP contribution in [-0.4, -0.2) is 21.8 Å². The molecule has 1 fully saturated rings. The van der Waals surface area contributed by atoms with Crippen LogP contribution in [0.4, 0.5) is 0 Å². The van der Waals surface area contributed by atoms with Crippen LogP contribution >= 0.6 is 0 Å². The molecule has 1 saturated carbocycles. The molecule has 1 aromatic carbocycles. The first-order valence-electron chi connectivity index (χ1n) is 6.42. The molecule has 0 amide bonds. The Labute approximate surface area is 106 Å². The molecule has 2 aromatic rings. The van der Waals surface area contributed by atoms with Crippen molar-refractivity contribution in [1.82, 2.24) is 15.2 Å². The van der Waals surface area contributed by atoms with Crippen LogP contribution in [0.1, 0.15) is 36.0 Å². The molecular weight excluding hydrogens is 226 g/mol. The van der Waals surface area contributed by atoms with Crippen LogP contribution in [0.5, 0.6) is 5.75 Å². The maximum atomic E-state index is 5.69. The number of nitrogens with one attached hydrogen (secondary N) is 1. The highest BCUT2D eigenvalue weighted by atomic mass is 16.5. The number of aromatic amines is 1. The lowest BCUT2D eigenvalue weighted by molar-refractivity contribution is 0.319. The first-order chi connectivity index (χ1) is 8.81.